The summed E-state index contributed by atoms with van der Waals surface area (Å²) in [5, 5.41) is 22.9. The predicted molar refractivity (Wildman–Crippen MR) is 193 cm³/mol. The van der Waals surface area contributed by atoms with Crippen LogP contribution in [-0.2, 0) is 4.79 Å². The molecule has 0 heterocycles. The second-order valence-corrected chi connectivity index (χ2v) is 13.3. The van der Waals surface area contributed by atoms with Gasteiger partial charge in [-0.25, -0.2) is 0 Å². The van der Waals surface area contributed by atoms with Crippen LogP contribution in [-0.4, -0.2) is 34.9 Å². The minimum atomic E-state index is -0.837. The predicted octanol–water partition coefficient (Wildman–Crippen LogP) is 11.7. The zero-order valence-electron chi connectivity index (χ0n) is 29.7. The van der Waals surface area contributed by atoms with E-state index in [0.717, 1.165) is 25.7 Å². The van der Waals surface area contributed by atoms with Crippen molar-refractivity contribution >= 4 is 5.91 Å². The summed E-state index contributed by atoms with van der Waals surface area (Å²) in [4.78, 5) is 12.3. The van der Waals surface area contributed by atoms with E-state index in [9.17, 15) is 15.0 Å². The number of aliphatic hydroxyl groups excluding tert-OH is 2. The van der Waals surface area contributed by atoms with Crippen LogP contribution in [0.15, 0.2) is 24.3 Å². The lowest BCUT2D eigenvalue weighted by atomic mass is 10.0. The molecule has 0 aromatic heterocycles. The van der Waals surface area contributed by atoms with Crippen molar-refractivity contribution in [2.45, 2.75) is 219 Å². The largest absolute Gasteiger partial charge is 0.394 e. The maximum Gasteiger partial charge on any atom is 0.220 e. The van der Waals surface area contributed by atoms with Crippen LogP contribution in [0.2, 0.25) is 0 Å². The van der Waals surface area contributed by atoms with Crippen LogP contribution in [0.3, 0.4) is 0 Å². The fourth-order valence-corrected chi connectivity index (χ4v) is 5.88. The number of aliphatic hydroxyl groups is 2. The molecule has 0 saturated heterocycles. The van der Waals surface area contributed by atoms with Crippen molar-refractivity contribution in [3.63, 3.8) is 0 Å². The summed E-state index contributed by atoms with van der Waals surface area (Å²) in [6.07, 6.45) is 45.5. The van der Waals surface area contributed by atoms with Gasteiger partial charge in [0.05, 0.1) is 18.8 Å². The highest BCUT2D eigenvalue weighted by Gasteiger charge is 2.17. The Hall–Kier alpha value is -1.13. The lowest BCUT2D eigenvalue weighted by Gasteiger charge is -2.20. The first kappa shape index (κ1) is 42.9. The molecule has 0 fully saturated rings. The summed E-state index contributed by atoms with van der Waals surface area (Å²) in [6, 6.07) is -0.620. The third-order valence-electron chi connectivity index (χ3n) is 8.93. The quantitative estimate of drug-likeness (QED) is 0.0488. The molecule has 0 aliphatic rings. The number of unbranched alkanes of at least 4 members (excludes halogenated alkanes) is 26. The number of rotatable bonds is 35. The maximum atomic E-state index is 12.3. The molecule has 0 aliphatic heterocycles. The molecule has 2 unspecified atom stereocenters. The number of nitrogens with one attached hydrogen (secondary N) is 1. The molecule has 4 nitrogen and oxygen atoms in total. The molecule has 0 radical (unpaired) electrons. The van der Waals surface area contributed by atoms with Gasteiger partial charge in [-0.05, 0) is 44.9 Å². The van der Waals surface area contributed by atoms with Gasteiger partial charge < -0.3 is 15.5 Å². The average Bonchev–Trinajstić information content (AvgIpc) is 3.03. The van der Waals surface area contributed by atoms with Crippen LogP contribution < -0.4 is 5.32 Å². The zero-order valence-corrected chi connectivity index (χ0v) is 29.7. The molecular weight excluding hydrogens is 542 g/mol. The Bertz CT molecular complexity index is 632. The number of hydrogen-bond acceptors (Lipinski definition) is 3. The molecule has 0 aromatic carbocycles. The third-order valence-corrected chi connectivity index (χ3v) is 8.93. The van der Waals surface area contributed by atoms with E-state index in [-0.39, 0.29) is 12.5 Å². The Labute approximate surface area is 275 Å². The van der Waals surface area contributed by atoms with Crippen LogP contribution >= 0.6 is 0 Å². The summed E-state index contributed by atoms with van der Waals surface area (Å²) in [7, 11) is 0. The minimum absolute atomic E-state index is 0.0688. The molecule has 2 atom stereocenters. The third kappa shape index (κ3) is 32.3. The van der Waals surface area contributed by atoms with Crippen molar-refractivity contribution in [3.8, 4) is 0 Å². The van der Waals surface area contributed by atoms with Gasteiger partial charge in [-0.3, -0.25) is 4.79 Å². The molecule has 0 rings (SSSR count). The summed E-state index contributed by atoms with van der Waals surface area (Å²) >= 11 is 0. The second-order valence-electron chi connectivity index (χ2n) is 13.3. The average molecular weight is 620 g/mol. The van der Waals surface area contributed by atoms with Crippen LogP contribution in [0.1, 0.15) is 206 Å². The first-order valence-corrected chi connectivity index (χ1v) is 19.6. The van der Waals surface area contributed by atoms with E-state index in [4.69, 9.17) is 0 Å². The fourth-order valence-electron chi connectivity index (χ4n) is 5.88. The molecule has 4 heteroatoms. The normalized spacial score (nSPS) is 13.3. The second kappa shape index (κ2) is 36.3. The molecule has 44 heavy (non-hydrogen) atoms. The SMILES string of the molecule is CCCCCCCCC/C=C\CCCCCCCCCC(=O)NC(CO)C(O)/C=C/CCCCCCCCCCCCCC. The molecule has 0 aromatic rings. The molecule has 3 N–H and O–H groups in total. The highest BCUT2D eigenvalue weighted by molar-refractivity contribution is 5.76. The standard InChI is InChI=1S/C40H77NO3/c1-3-5-7-9-11-13-15-17-19-20-21-22-24-26-28-30-32-34-36-40(44)41-38(37-42)39(43)35-33-31-29-27-25-23-18-16-14-12-10-8-6-4-2/h19-20,33,35,38-39,42-43H,3-18,21-32,34,36-37H2,1-2H3,(H,41,44)/b20-19-,35-33+. The van der Waals surface area contributed by atoms with Crippen LogP contribution in [0.4, 0.5) is 0 Å². The fraction of sp³-hybridized carbons (Fsp3) is 0.875. The number of amides is 1. The van der Waals surface area contributed by atoms with Crippen LogP contribution in [0.25, 0.3) is 0 Å². The lowest BCUT2D eigenvalue weighted by molar-refractivity contribution is -0.123. The Morgan fingerprint density at radius 3 is 1.25 bits per heavy atom. The van der Waals surface area contributed by atoms with E-state index in [2.05, 4.69) is 31.3 Å². The van der Waals surface area contributed by atoms with Crippen LogP contribution in [0, 0.1) is 0 Å². The first-order valence-electron chi connectivity index (χ1n) is 19.6. The van der Waals surface area contributed by atoms with Gasteiger partial charge in [0.25, 0.3) is 0 Å². The van der Waals surface area contributed by atoms with Crippen LogP contribution in [0.5, 0.6) is 0 Å². The molecule has 1 amide bonds. The van der Waals surface area contributed by atoms with Gasteiger partial charge in [-0.15, -0.1) is 0 Å². The molecule has 0 aliphatic carbocycles. The van der Waals surface area contributed by atoms with E-state index in [1.807, 2.05) is 6.08 Å². The topological polar surface area (TPSA) is 69.6 Å². The van der Waals surface area contributed by atoms with Crippen molar-refractivity contribution in [2.75, 3.05) is 6.61 Å². The first-order chi connectivity index (χ1) is 21.7. The van der Waals surface area contributed by atoms with Gasteiger partial charge in [-0.1, -0.05) is 179 Å². The van der Waals surface area contributed by atoms with E-state index < -0.39 is 12.1 Å². The summed E-state index contributed by atoms with van der Waals surface area (Å²) in [5.41, 5.74) is 0. The lowest BCUT2D eigenvalue weighted by Crippen LogP contribution is -2.45. The molecular formula is C40H77NO3. The van der Waals surface area contributed by atoms with Crippen molar-refractivity contribution < 1.29 is 15.0 Å². The molecule has 0 saturated carbocycles. The van der Waals surface area contributed by atoms with E-state index in [0.29, 0.717) is 6.42 Å². The van der Waals surface area contributed by atoms with Gasteiger partial charge in [0.2, 0.25) is 5.91 Å². The molecule has 0 bridgehead atoms. The maximum absolute atomic E-state index is 12.3. The van der Waals surface area contributed by atoms with Crippen molar-refractivity contribution in [2.24, 2.45) is 0 Å². The van der Waals surface area contributed by atoms with E-state index >= 15 is 0 Å². The molecule has 0 spiro atoms. The number of hydrogen-bond donors (Lipinski definition) is 3. The van der Waals surface area contributed by atoms with Gasteiger partial charge in [-0.2, -0.15) is 0 Å². The Morgan fingerprint density at radius 1 is 0.523 bits per heavy atom. The smallest absolute Gasteiger partial charge is 0.220 e. The van der Waals surface area contributed by atoms with Gasteiger partial charge in [0.1, 0.15) is 0 Å². The Morgan fingerprint density at radius 2 is 0.864 bits per heavy atom. The van der Waals surface area contributed by atoms with Crippen molar-refractivity contribution in [1.29, 1.82) is 0 Å². The van der Waals surface area contributed by atoms with Gasteiger partial charge in [0.15, 0.2) is 0 Å². The summed E-state index contributed by atoms with van der Waals surface area (Å²) in [6.45, 7) is 4.30. The highest BCUT2D eigenvalue weighted by Crippen LogP contribution is 2.14. The zero-order chi connectivity index (χ0) is 32.2. The van der Waals surface area contributed by atoms with E-state index in [1.54, 1.807) is 6.08 Å². The molecule has 260 valence electrons. The monoisotopic (exact) mass is 620 g/mol. The van der Waals surface area contributed by atoms with Crippen molar-refractivity contribution in [1.82, 2.24) is 5.32 Å². The Kier molecular flexibility index (Phi) is 35.4. The van der Waals surface area contributed by atoms with Gasteiger partial charge in [0, 0.05) is 6.42 Å². The van der Waals surface area contributed by atoms with Crippen molar-refractivity contribution in [3.05, 3.63) is 24.3 Å². The minimum Gasteiger partial charge on any atom is -0.394 e. The Balaban J connectivity index is 3.60. The number of carbonyl (C=O) groups excluding carboxylic acids is 1. The summed E-state index contributed by atoms with van der Waals surface area (Å²) in [5.74, 6) is -0.0688. The number of allylic oxidation sites excluding steroid dienone is 3. The highest BCUT2D eigenvalue weighted by atomic mass is 16.3. The summed E-state index contributed by atoms with van der Waals surface area (Å²) < 4.78 is 0. The van der Waals surface area contributed by atoms with Gasteiger partial charge >= 0.3 is 0 Å². The number of carbonyl (C=O) groups is 1. The van der Waals surface area contributed by atoms with E-state index in [1.165, 1.54) is 161 Å².